The molecule has 1 aromatic rings. The summed E-state index contributed by atoms with van der Waals surface area (Å²) in [4.78, 5) is 0. The van der Waals surface area contributed by atoms with Crippen LogP contribution in [0.25, 0.3) is 6.08 Å². The molecule has 10 heavy (non-hydrogen) atoms. The van der Waals surface area contributed by atoms with Gasteiger partial charge in [-0.3, -0.25) is 0 Å². The molecule has 1 nitrogen and oxygen atoms in total. The second kappa shape index (κ2) is 3.34. The Labute approximate surface area is 63.5 Å². The summed E-state index contributed by atoms with van der Waals surface area (Å²) in [6.45, 7) is 3.71. The normalized spacial score (nSPS) is 10.5. The summed E-state index contributed by atoms with van der Waals surface area (Å²) in [5, 5.41) is 6.91. The summed E-state index contributed by atoms with van der Waals surface area (Å²) in [5.74, 6) is 0. The molecule has 0 atom stereocenters. The van der Waals surface area contributed by atoms with Crippen LogP contribution < -0.4 is 10.6 Å². The van der Waals surface area contributed by atoms with E-state index in [1.165, 1.54) is 10.8 Å². The van der Waals surface area contributed by atoms with Crippen molar-refractivity contribution in [3.63, 3.8) is 0 Å². The molecule has 0 spiro atoms. The topological polar surface area (TPSA) is 26.0 Å². The molecule has 2 N–H and O–H groups in total. The van der Waals surface area contributed by atoms with Gasteiger partial charge in [0.05, 0.1) is 0 Å². The molecule has 0 aliphatic carbocycles. The van der Waals surface area contributed by atoms with Crippen LogP contribution in [0.1, 0.15) is 5.56 Å². The fourth-order valence-electron chi connectivity index (χ4n) is 0.919. The van der Waals surface area contributed by atoms with Crippen LogP contribution >= 0.6 is 0 Å². The first-order valence-electron chi connectivity index (χ1n) is 3.29. The van der Waals surface area contributed by atoms with Gasteiger partial charge in [-0.25, -0.2) is 0 Å². The fraction of sp³-hybridized carbons (Fsp3) is 0. The Morgan fingerprint density at radius 2 is 2.10 bits per heavy atom. The van der Waals surface area contributed by atoms with Crippen molar-refractivity contribution >= 4 is 20.9 Å². The van der Waals surface area contributed by atoms with Crippen LogP contribution in [0.3, 0.4) is 0 Å². The summed E-state index contributed by atoms with van der Waals surface area (Å²) >= 11 is 0. The molecule has 1 aromatic carbocycles. The van der Waals surface area contributed by atoms with Crippen LogP contribution in [-0.2, 0) is 0 Å². The van der Waals surface area contributed by atoms with Gasteiger partial charge in [0.15, 0.2) is 0 Å². The lowest BCUT2D eigenvalue weighted by atomic mass is 10.2. The molecule has 0 aromatic heterocycles. The fourth-order valence-corrected chi connectivity index (χ4v) is 1.69. The molecule has 0 unspecified atom stereocenters. The molecule has 0 heterocycles. The summed E-state index contributed by atoms with van der Waals surface area (Å²) < 4.78 is 0. The Morgan fingerprint density at radius 3 is 2.60 bits per heavy atom. The molecule has 0 bridgehead atoms. The van der Waals surface area contributed by atoms with Crippen LogP contribution in [0.2, 0.25) is 0 Å². The maximum absolute atomic E-state index is 5.62. The number of nitrogens with two attached hydrogens (primary N) is 1. The molecule has 0 fully saturated rings. The molecule has 0 aliphatic rings. The minimum absolute atomic E-state index is 0.520. The SMILES string of the molecule is C=Cc1ccccc1[SiH2]N. The highest BCUT2D eigenvalue weighted by Crippen LogP contribution is 1.94. The quantitative estimate of drug-likeness (QED) is 0.588. The highest BCUT2D eigenvalue weighted by Gasteiger charge is 1.92. The molecule has 0 radical (unpaired) electrons. The van der Waals surface area contributed by atoms with Gasteiger partial charge in [0.1, 0.15) is 9.68 Å². The molecular formula is C8H11NSi. The Morgan fingerprint density at radius 1 is 1.40 bits per heavy atom. The van der Waals surface area contributed by atoms with Gasteiger partial charge < -0.3 is 5.40 Å². The number of rotatable bonds is 2. The van der Waals surface area contributed by atoms with E-state index in [0.717, 1.165) is 0 Å². The Bertz CT molecular complexity index is 232. The first-order valence-corrected chi connectivity index (χ1v) is 4.81. The Kier molecular flexibility index (Phi) is 2.42. The summed E-state index contributed by atoms with van der Waals surface area (Å²) in [6, 6.07) is 8.14. The third-order valence-electron chi connectivity index (χ3n) is 1.49. The average Bonchev–Trinajstić information content (AvgIpc) is 2.04. The van der Waals surface area contributed by atoms with Crippen molar-refractivity contribution in [3.05, 3.63) is 36.4 Å². The number of hydrogen-bond donors (Lipinski definition) is 1. The van der Waals surface area contributed by atoms with E-state index < -0.39 is 9.68 Å². The standard InChI is InChI=1S/C8H11NSi/c1-2-7-5-3-4-6-8(7)10-9/h2-6H,1,9-10H2. The monoisotopic (exact) mass is 149 g/mol. The largest absolute Gasteiger partial charge is 0.352 e. The van der Waals surface area contributed by atoms with E-state index in [9.17, 15) is 0 Å². The maximum atomic E-state index is 5.62. The van der Waals surface area contributed by atoms with Gasteiger partial charge in [0.2, 0.25) is 0 Å². The molecule has 0 amide bonds. The predicted molar refractivity (Wildman–Crippen MR) is 48.9 cm³/mol. The molecule has 0 aliphatic heterocycles. The summed E-state index contributed by atoms with van der Waals surface area (Å²) in [7, 11) is -0.520. The zero-order valence-electron chi connectivity index (χ0n) is 5.88. The molecule has 2 heteroatoms. The smallest absolute Gasteiger partial charge is 0.122 e. The highest BCUT2D eigenvalue weighted by atomic mass is 28.2. The highest BCUT2D eigenvalue weighted by molar-refractivity contribution is 6.51. The summed E-state index contributed by atoms with van der Waals surface area (Å²) in [5.41, 5.74) is 1.19. The molecule has 52 valence electrons. The molecule has 0 saturated carbocycles. The number of benzene rings is 1. The van der Waals surface area contributed by atoms with Gasteiger partial charge in [-0.05, 0) is 10.8 Å². The number of hydrogen-bond acceptors (Lipinski definition) is 1. The molecular weight excluding hydrogens is 138 g/mol. The van der Waals surface area contributed by atoms with Gasteiger partial charge in [-0.2, -0.15) is 0 Å². The van der Waals surface area contributed by atoms with Crippen LogP contribution in [0.5, 0.6) is 0 Å². The average molecular weight is 149 g/mol. The summed E-state index contributed by atoms with van der Waals surface area (Å²) in [6.07, 6.45) is 1.86. The van der Waals surface area contributed by atoms with Gasteiger partial charge in [-0.15, -0.1) is 0 Å². The van der Waals surface area contributed by atoms with Gasteiger partial charge in [-0.1, -0.05) is 36.9 Å². The van der Waals surface area contributed by atoms with Crippen LogP contribution in [0, 0.1) is 0 Å². The lowest BCUT2D eigenvalue weighted by Gasteiger charge is -1.99. The first kappa shape index (κ1) is 7.25. The van der Waals surface area contributed by atoms with Crippen molar-refractivity contribution in [2.45, 2.75) is 0 Å². The predicted octanol–water partition coefficient (Wildman–Crippen LogP) is -0.00260. The van der Waals surface area contributed by atoms with Gasteiger partial charge in [0, 0.05) is 0 Å². The van der Waals surface area contributed by atoms with Crippen molar-refractivity contribution in [1.82, 2.24) is 0 Å². The van der Waals surface area contributed by atoms with Crippen molar-refractivity contribution in [2.75, 3.05) is 0 Å². The lowest BCUT2D eigenvalue weighted by Crippen LogP contribution is -2.24. The first-order chi connectivity index (χ1) is 4.88. The third-order valence-corrected chi connectivity index (χ3v) is 2.58. The zero-order chi connectivity index (χ0) is 7.40. The van der Waals surface area contributed by atoms with E-state index in [4.69, 9.17) is 5.40 Å². The van der Waals surface area contributed by atoms with Crippen molar-refractivity contribution in [3.8, 4) is 0 Å². The van der Waals surface area contributed by atoms with Crippen LogP contribution in [0.15, 0.2) is 30.8 Å². The van der Waals surface area contributed by atoms with Gasteiger partial charge >= 0.3 is 0 Å². The Balaban J connectivity index is 3.08. The van der Waals surface area contributed by atoms with E-state index in [-0.39, 0.29) is 0 Å². The van der Waals surface area contributed by atoms with E-state index in [2.05, 4.69) is 12.6 Å². The van der Waals surface area contributed by atoms with E-state index in [1.807, 2.05) is 24.3 Å². The van der Waals surface area contributed by atoms with Crippen molar-refractivity contribution < 1.29 is 0 Å². The Hall–Kier alpha value is -0.863. The van der Waals surface area contributed by atoms with Crippen LogP contribution in [-0.4, -0.2) is 9.68 Å². The second-order valence-electron chi connectivity index (χ2n) is 2.11. The maximum Gasteiger partial charge on any atom is 0.122 e. The second-order valence-corrected chi connectivity index (χ2v) is 3.28. The van der Waals surface area contributed by atoms with E-state index in [0.29, 0.717) is 0 Å². The van der Waals surface area contributed by atoms with Crippen molar-refractivity contribution in [1.29, 1.82) is 0 Å². The molecule has 1 rings (SSSR count). The third kappa shape index (κ3) is 1.34. The minimum atomic E-state index is -0.520. The van der Waals surface area contributed by atoms with Crippen LogP contribution in [0.4, 0.5) is 0 Å². The molecule has 0 saturated heterocycles. The zero-order valence-corrected chi connectivity index (χ0v) is 7.29. The van der Waals surface area contributed by atoms with Gasteiger partial charge in [0.25, 0.3) is 0 Å². The van der Waals surface area contributed by atoms with Crippen molar-refractivity contribution in [2.24, 2.45) is 5.40 Å². The van der Waals surface area contributed by atoms with E-state index >= 15 is 0 Å². The lowest BCUT2D eigenvalue weighted by molar-refractivity contribution is 1.70. The van der Waals surface area contributed by atoms with E-state index in [1.54, 1.807) is 0 Å². The minimum Gasteiger partial charge on any atom is -0.352 e.